The molecule has 1 N–H and O–H groups in total. The minimum absolute atomic E-state index is 0.151. The maximum Gasteiger partial charge on any atom is 0.305 e. The van der Waals surface area contributed by atoms with E-state index in [-0.39, 0.29) is 37.7 Å². The van der Waals surface area contributed by atoms with E-state index in [0.29, 0.717) is 19.3 Å². The third-order valence-corrected chi connectivity index (χ3v) is 22.2. The average Bonchev–Trinajstić information content (AvgIpc) is 0.974. The number of aliphatic hydroxyl groups is 1. The Kier molecular flexibility index (Phi) is 83.9. The van der Waals surface area contributed by atoms with Gasteiger partial charge < -0.3 is 19.3 Å². The molecule has 590 valence electrons. The molecule has 0 aliphatic carbocycles. The molecule has 0 aromatic heterocycles. The van der Waals surface area contributed by atoms with Crippen LogP contribution in [0.3, 0.4) is 0 Å². The molecular weight excluding hydrogens is 1220 g/mol. The van der Waals surface area contributed by atoms with E-state index in [0.717, 1.165) is 57.8 Å². The predicted molar refractivity (Wildman–Crippen MR) is 433 cm³/mol. The number of rotatable bonds is 88. The summed E-state index contributed by atoms with van der Waals surface area (Å²) < 4.78 is 17.3. The lowest BCUT2D eigenvalue weighted by Crippen LogP contribution is -2.42. The van der Waals surface area contributed by atoms with Crippen molar-refractivity contribution >= 4 is 17.9 Å². The normalized spacial score (nSPS) is 11.8. The van der Waals surface area contributed by atoms with Gasteiger partial charge in [-0.3, -0.25) is 14.4 Å². The predicted octanol–water partition coefficient (Wildman–Crippen LogP) is 31.3. The van der Waals surface area contributed by atoms with Gasteiger partial charge in [0.1, 0.15) is 19.8 Å². The fourth-order valence-corrected chi connectivity index (χ4v) is 14.9. The summed E-state index contributed by atoms with van der Waals surface area (Å²) in [5.74, 6) is -0.942. The molecular formula is C92H180O7. The number of ether oxygens (including phenoxy) is 3. The van der Waals surface area contributed by atoms with Crippen LogP contribution in [0.25, 0.3) is 0 Å². The largest absolute Gasteiger partial charge is 0.465 e. The van der Waals surface area contributed by atoms with Crippen LogP contribution in [-0.4, -0.2) is 49.4 Å². The van der Waals surface area contributed by atoms with Crippen LogP contribution in [0.1, 0.15) is 541 Å². The van der Waals surface area contributed by atoms with Crippen LogP contribution in [-0.2, 0) is 28.6 Å². The summed E-state index contributed by atoms with van der Waals surface area (Å²) in [4.78, 5) is 39.2. The Morgan fingerprint density at radius 1 is 0.182 bits per heavy atom. The average molecular weight is 1400 g/mol. The molecule has 0 rings (SSSR count). The number of esters is 3. The molecule has 0 radical (unpaired) electrons. The molecule has 0 aliphatic heterocycles. The topological polar surface area (TPSA) is 99.1 Å². The van der Waals surface area contributed by atoms with Crippen LogP contribution < -0.4 is 0 Å². The van der Waals surface area contributed by atoms with Crippen molar-refractivity contribution in [1.29, 1.82) is 0 Å². The summed E-state index contributed by atoms with van der Waals surface area (Å²) in [6.07, 6.45) is 106. The molecule has 0 atom stereocenters. The van der Waals surface area contributed by atoms with Crippen molar-refractivity contribution in [1.82, 2.24) is 0 Å². The van der Waals surface area contributed by atoms with Crippen LogP contribution >= 0.6 is 0 Å². The van der Waals surface area contributed by atoms with Crippen molar-refractivity contribution in [2.24, 2.45) is 5.41 Å². The second kappa shape index (κ2) is 85.3. The number of hydrogen-bond acceptors (Lipinski definition) is 7. The van der Waals surface area contributed by atoms with E-state index in [9.17, 15) is 19.5 Å². The van der Waals surface area contributed by atoms with Gasteiger partial charge >= 0.3 is 17.9 Å². The van der Waals surface area contributed by atoms with Gasteiger partial charge in [0.05, 0.1) is 12.0 Å². The van der Waals surface area contributed by atoms with Gasteiger partial charge in [-0.05, 0) is 19.3 Å². The SMILES string of the molecule is CCCCCCCCCCCCCCCCCCCCCCCCCCCCC(=O)OCC(CO)(COC(=O)CCCCCCCCCCCCCCCCCCCCCCCCCCCC)COC(=O)CCCCCCCCCCCCCCCCCCCCCCCCCCCC. The molecule has 0 bridgehead atoms. The van der Waals surface area contributed by atoms with Gasteiger partial charge in [0, 0.05) is 19.3 Å². The molecule has 7 heteroatoms. The van der Waals surface area contributed by atoms with Gasteiger partial charge in [-0.25, -0.2) is 0 Å². The number of carbonyl (C=O) groups is 3. The number of hydrogen-bond donors (Lipinski definition) is 1. The van der Waals surface area contributed by atoms with Gasteiger partial charge in [0.25, 0.3) is 0 Å². The summed E-state index contributed by atoms with van der Waals surface area (Å²) >= 11 is 0. The highest BCUT2D eigenvalue weighted by Crippen LogP contribution is 2.25. The number of carbonyl (C=O) groups excluding carboxylic acids is 3. The van der Waals surface area contributed by atoms with Crippen LogP contribution in [0, 0.1) is 5.41 Å². The summed E-state index contributed by atoms with van der Waals surface area (Å²) in [5.41, 5.74) is -1.19. The Morgan fingerprint density at radius 2 is 0.283 bits per heavy atom. The first-order chi connectivity index (χ1) is 48.9. The van der Waals surface area contributed by atoms with Gasteiger partial charge in [0.2, 0.25) is 0 Å². The molecule has 7 nitrogen and oxygen atoms in total. The quantitative estimate of drug-likeness (QED) is 0.0368. The molecule has 0 aromatic rings. The van der Waals surface area contributed by atoms with Crippen LogP contribution in [0.4, 0.5) is 0 Å². The molecule has 0 unspecified atom stereocenters. The Morgan fingerprint density at radius 3 is 0.384 bits per heavy atom. The van der Waals surface area contributed by atoms with Crippen molar-refractivity contribution in [2.45, 2.75) is 541 Å². The van der Waals surface area contributed by atoms with Gasteiger partial charge in [-0.15, -0.1) is 0 Å². The van der Waals surface area contributed by atoms with Crippen LogP contribution in [0.15, 0.2) is 0 Å². The summed E-state index contributed by atoms with van der Waals surface area (Å²) in [7, 11) is 0. The minimum atomic E-state index is -1.19. The highest BCUT2D eigenvalue weighted by Gasteiger charge is 2.35. The Balaban J connectivity index is 4.40. The first-order valence-corrected chi connectivity index (χ1v) is 46.0. The molecule has 0 fully saturated rings. The molecule has 0 amide bonds. The monoisotopic (exact) mass is 1400 g/mol. The van der Waals surface area contributed by atoms with E-state index < -0.39 is 12.0 Å². The number of aliphatic hydroxyl groups excluding tert-OH is 1. The van der Waals surface area contributed by atoms with Gasteiger partial charge in [0.15, 0.2) is 0 Å². The number of unbranched alkanes of at least 4 members (excludes halogenated alkanes) is 75. The Bertz CT molecular complexity index is 1370. The third-order valence-electron chi connectivity index (χ3n) is 22.2. The molecule has 99 heavy (non-hydrogen) atoms. The van der Waals surface area contributed by atoms with Crippen LogP contribution in [0.2, 0.25) is 0 Å². The van der Waals surface area contributed by atoms with Crippen molar-refractivity contribution in [2.75, 3.05) is 26.4 Å². The maximum absolute atomic E-state index is 13.1. The molecule has 0 aromatic carbocycles. The van der Waals surface area contributed by atoms with E-state index in [4.69, 9.17) is 14.2 Å². The highest BCUT2D eigenvalue weighted by molar-refractivity contribution is 5.70. The second-order valence-electron chi connectivity index (χ2n) is 32.4. The summed E-state index contributed by atoms with van der Waals surface area (Å²) in [5, 5.41) is 10.8. The van der Waals surface area contributed by atoms with E-state index in [1.807, 2.05) is 0 Å². The van der Waals surface area contributed by atoms with E-state index in [2.05, 4.69) is 20.8 Å². The fraction of sp³-hybridized carbons (Fsp3) is 0.967. The van der Waals surface area contributed by atoms with Crippen molar-refractivity contribution < 1.29 is 33.7 Å². The summed E-state index contributed by atoms with van der Waals surface area (Å²) in [6.45, 7) is 6.03. The Hall–Kier alpha value is -1.63. The standard InChI is InChI=1S/C92H180O7/c1-4-7-10-13-16-19-22-25-28-31-34-37-40-43-46-49-52-55-58-61-64-67-70-73-76-79-82-89(94)97-86-92(85-93,87-98-90(95)83-80-77-74-71-68-65-62-59-56-53-50-47-44-41-38-35-32-29-26-23-20-17-14-11-8-5-2)88-99-91(96)84-81-78-75-72-69-66-63-60-57-54-51-48-45-42-39-36-33-30-27-24-21-18-15-12-9-6-3/h93H,4-88H2,1-3H3. The molecule has 0 aliphatic rings. The van der Waals surface area contributed by atoms with Gasteiger partial charge in [-0.1, -0.05) is 502 Å². The molecule has 0 saturated carbocycles. The van der Waals surface area contributed by atoms with Crippen molar-refractivity contribution in [3.05, 3.63) is 0 Å². The second-order valence-corrected chi connectivity index (χ2v) is 32.4. The lowest BCUT2D eigenvalue weighted by Gasteiger charge is -2.30. The maximum atomic E-state index is 13.1. The van der Waals surface area contributed by atoms with Crippen molar-refractivity contribution in [3.8, 4) is 0 Å². The zero-order valence-electron chi connectivity index (χ0n) is 68.0. The van der Waals surface area contributed by atoms with E-state index in [1.165, 1.54) is 443 Å². The zero-order valence-corrected chi connectivity index (χ0v) is 68.0. The smallest absolute Gasteiger partial charge is 0.305 e. The van der Waals surface area contributed by atoms with Gasteiger partial charge in [-0.2, -0.15) is 0 Å². The highest BCUT2D eigenvalue weighted by atomic mass is 16.6. The fourth-order valence-electron chi connectivity index (χ4n) is 14.9. The van der Waals surface area contributed by atoms with E-state index in [1.54, 1.807) is 0 Å². The zero-order chi connectivity index (χ0) is 71.5. The third kappa shape index (κ3) is 80.3. The van der Waals surface area contributed by atoms with E-state index >= 15 is 0 Å². The molecule has 0 saturated heterocycles. The molecule has 0 heterocycles. The van der Waals surface area contributed by atoms with Crippen molar-refractivity contribution in [3.63, 3.8) is 0 Å². The summed E-state index contributed by atoms with van der Waals surface area (Å²) in [6, 6.07) is 0. The molecule has 0 spiro atoms. The first-order valence-electron chi connectivity index (χ1n) is 46.0. The lowest BCUT2D eigenvalue weighted by molar-refractivity contribution is -0.165. The first kappa shape index (κ1) is 97.4. The van der Waals surface area contributed by atoms with Crippen LogP contribution in [0.5, 0.6) is 0 Å². The Labute approximate surface area is 621 Å². The minimum Gasteiger partial charge on any atom is -0.465 e. The lowest BCUT2D eigenvalue weighted by atomic mass is 9.92.